The second kappa shape index (κ2) is 20.8. The van der Waals surface area contributed by atoms with Crippen molar-refractivity contribution in [3.8, 4) is 0 Å². The predicted molar refractivity (Wildman–Crippen MR) is 234 cm³/mol. The number of hydrogen-bond acceptors (Lipinski definition) is 8. The largest absolute Gasteiger partial charge is 0.444 e. The number of likely N-dealkylation sites (tertiary alicyclic amines) is 1. The van der Waals surface area contributed by atoms with Crippen LogP contribution in [0.15, 0.2) is 85.1 Å². The number of amides is 7. The summed E-state index contributed by atoms with van der Waals surface area (Å²) >= 11 is 0. The van der Waals surface area contributed by atoms with Gasteiger partial charge in [0.15, 0.2) is 0 Å². The van der Waals surface area contributed by atoms with Crippen LogP contribution in [-0.4, -0.2) is 105 Å². The number of fused-ring (bicyclic) bond motifs is 1. The van der Waals surface area contributed by atoms with E-state index in [-0.39, 0.29) is 38.1 Å². The summed E-state index contributed by atoms with van der Waals surface area (Å²) in [6.45, 7) is 7.48. The first kappa shape index (κ1) is 45.9. The number of imide groups is 1. The van der Waals surface area contributed by atoms with E-state index < -0.39 is 59.6 Å². The molecule has 3 aromatic carbocycles. The third-order valence-electron chi connectivity index (χ3n) is 11.0. The Morgan fingerprint density at radius 1 is 0.918 bits per heavy atom. The molecule has 4 atom stereocenters. The van der Waals surface area contributed by atoms with Gasteiger partial charge in [0.2, 0.25) is 17.7 Å². The van der Waals surface area contributed by atoms with Crippen molar-refractivity contribution in [2.75, 3.05) is 25.5 Å². The van der Waals surface area contributed by atoms with Crippen LogP contribution in [0.4, 0.5) is 15.3 Å². The summed E-state index contributed by atoms with van der Waals surface area (Å²) in [5.41, 5.74) is 14.3. The summed E-state index contributed by atoms with van der Waals surface area (Å²) in [5, 5.41) is 6.40. The summed E-state index contributed by atoms with van der Waals surface area (Å²) < 4.78 is 5.60. The van der Waals surface area contributed by atoms with Crippen molar-refractivity contribution >= 4 is 52.3 Å². The summed E-state index contributed by atoms with van der Waals surface area (Å²) in [4.78, 5) is 92.0. The van der Waals surface area contributed by atoms with Gasteiger partial charge in [-0.05, 0) is 95.2 Å². The fourth-order valence-corrected chi connectivity index (χ4v) is 7.78. The Balaban J connectivity index is 1.51. The number of rotatable bonds is 17. The first-order valence-corrected chi connectivity index (χ1v) is 20.9. The quantitative estimate of drug-likeness (QED) is 0.0866. The molecule has 15 heteroatoms. The third kappa shape index (κ3) is 12.2. The van der Waals surface area contributed by atoms with Gasteiger partial charge in [-0.1, -0.05) is 66.7 Å². The molecule has 0 spiro atoms. The van der Waals surface area contributed by atoms with Gasteiger partial charge in [0, 0.05) is 61.7 Å². The molecule has 7 amide bonds. The lowest BCUT2D eigenvalue weighted by Gasteiger charge is -2.36. The van der Waals surface area contributed by atoms with E-state index in [1.165, 1.54) is 11.9 Å². The van der Waals surface area contributed by atoms with Crippen LogP contribution in [0.2, 0.25) is 0 Å². The number of aromatic amines is 1. The van der Waals surface area contributed by atoms with E-state index in [2.05, 4.69) is 15.6 Å². The molecular weight excluding hydrogens is 777 g/mol. The van der Waals surface area contributed by atoms with Gasteiger partial charge >= 0.3 is 12.1 Å². The fourth-order valence-electron chi connectivity index (χ4n) is 7.78. The lowest BCUT2D eigenvalue weighted by Crippen LogP contribution is -2.60. The zero-order valence-corrected chi connectivity index (χ0v) is 35.8. The smallest absolute Gasteiger partial charge is 0.408 e. The Hall–Kier alpha value is -6.22. The number of anilines is 1. The Labute approximate surface area is 357 Å². The van der Waals surface area contributed by atoms with E-state index in [1.54, 1.807) is 57.0 Å². The van der Waals surface area contributed by atoms with E-state index in [4.69, 9.17) is 16.2 Å². The Kier molecular flexibility index (Phi) is 15.7. The number of urea groups is 1. The van der Waals surface area contributed by atoms with Crippen molar-refractivity contribution < 1.29 is 33.5 Å². The zero-order chi connectivity index (χ0) is 44.3. The number of para-hydroxylation sites is 2. The highest BCUT2D eigenvalue weighted by Crippen LogP contribution is 2.28. The van der Waals surface area contributed by atoms with Crippen molar-refractivity contribution in [2.24, 2.45) is 11.5 Å². The van der Waals surface area contributed by atoms with Crippen LogP contribution >= 0.6 is 0 Å². The molecule has 61 heavy (non-hydrogen) atoms. The Morgan fingerprint density at radius 2 is 1.61 bits per heavy atom. The van der Waals surface area contributed by atoms with Gasteiger partial charge in [-0.2, -0.15) is 0 Å². The molecule has 1 aliphatic rings. The molecule has 7 N–H and O–H groups in total. The van der Waals surface area contributed by atoms with Crippen LogP contribution in [-0.2, 0) is 36.8 Å². The van der Waals surface area contributed by atoms with Crippen LogP contribution in [0.1, 0.15) is 76.0 Å². The van der Waals surface area contributed by atoms with Gasteiger partial charge in [-0.25, -0.2) is 14.5 Å². The maximum absolute atomic E-state index is 15.2. The number of benzene rings is 3. The lowest BCUT2D eigenvalue weighted by molar-refractivity contribution is -0.146. The number of aromatic nitrogens is 1. The van der Waals surface area contributed by atoms with Crippen LogP contribution < -0.4 is 22.1 Å². The van der Waals surface area contributed by atoms with Crippen LogP contribution in [0.3, 0.4) is 0 Å². The summed E-state index contributed by atoms with van der Waals surface area (Å²) in [6.07, 6.45) is 2.94. The minimum Gasteiger partial charge on any atom is -0.444 e. The maximum Gasteiger partial charge on any atom is 0.408 e. The molecule has 0 unspecified atom stereocenters. The minimum atomic E-state index is -1.36. The number of unbranched alkanes of at least 4 members (excludes halogenated alkanes) is 1. The number of aryl methyl sites for hydroxylation is 1. The monoisotopic (exact) mass is 836 g/mol. The molecule has 326 valence electrons. The SMILES string of the molecule is Cc1ccccc1NC(=O)N(C(=O)[C@H](Cc1c[nH]c2ccccc12)NC(=O)OC(C)(C)C)[C@@H](CCCCN)C(=O)N1CCC[C@H]1CC(=O)N(C)[C@@H](Cc1ccccc1)C(N)=O. The molecule has 4 aromatic rings. The Bertz CT molecular complexity index is 2170. The maximum atomic E-state index is 15.2. The van der Waals surface area contributed by atoms with E-state index in [9.17, 15) is 19.2 Å². The second-order valence-corrected chi connectivity index (χ2v) is 16.7. The van der Waals surface area contributed by atoms with E-state index in [0.29, 0.717) is 43.5 Å². The molecule has 0 aliphatic carbocycles. The minimum absolute atomic E-state index is 0.0445. The molecule has 1 fully saturated rings. The molecular formula is C46H60N8O7. The van der Waals surface area contributed by atoms with Crippen molar-refractivity contribution in [3.05, 3.63) is 102 Å². The molecule has 5 rings (SSSR count). The number of alkyl carbamates (subject to hydrolysis) is 1. The van der Waals surface area contributed by atoms with E-state index in [0.717, 1.165) is 26.9 Å². The number of nitrogens with one attached hydrogen (secondary N) is 3. The van der Waals surface area contributed by atoms with E-state index in [1.807, 2.05) is 60.7 Å². The number of H-pyrrole nitrogens is 1. The molecule has 1 saturated heterocycles. The van der Waals surface area contributed by atoms with Crippen molar-refractivity contribution in [2.45, 2.75) is 109 Å². The highest BCUT2D eigenvalue weighted by atomic mass is 16.6. The van der Waals surface area contributed by atoms with Gasteiger partial charge in [-0.3, -0.25) is 19.2 Å². The summed E-state index contributed by atoms with van der Waals surface area (Å²) in [6, 6.07) is 18.7. The average molecular weight is 837 g/mol. The van der Waals surface area contributed by atoms with Crippen LogP contribution in [0.25, 0.3) is 10.9 Å². The molecule has 2 heterocycles. The topological polar surface area (TPSA) is 213 Å². The predicted octanol–water partition coefficient (Wildman–Crippen LogP) is 5.41. The summed E-state index contributed by atoms with van der Waals surface area (Å²) in [5.74, 6) is -2.39. The average Bonchev–Trinajstić information content (AvgIpc) is 3.86. The molecule has 0 bridgehead atoms. The van der Waals surface area contributed by atoms with Gasteiger partial charge < -0.3 is 41.6 Å². The van der Waals surface area contributed by atoms with Crippen LogP contribution in [0.5, 0.6) is 0 Å². The van der Waals surface area contributed by atoms with Gasteiger partial charge in [0.1, 0.15) is 23.7 Å². The van der Waals surface area contributed by atoms with E-state index >= 15 is 9.59 Å². The molecule has 0 radical (unpaired) electrons. The molecule has 1 aliphatic heterocycles. The second-order valence-electron chi connectivity index (χ2n) is 16.7. The number of hydrogen-bond donors (Lipinski definition) is 5. The Morgan fingerprint density at radius 3 is 2.30 bits per heavy atom. The first-order chi connectivity index (χ1) is 29.1. The highest BCUT2D eigenvalue weighted by Gasteiger charge is 2.44. The number of nitrogens with zero attached hydrogens (tertiary/aromatic N) is 3. The van der Waals surface area contributed by atoms with Crippen molar-refractivity contribution in [1.29, 1.82) is 0 Å². The molecule has 15 nitrogen and oxygen atoms in total. The van der Waals surface area contributed by atoms with Crippen molar-refractivity contribution in [3.63, 3.8) is 0 Å². The fraction of sp³-hybridized carbons (Fsp3) is 0.435. The lowest BCUT2D eigenvalue weighted by atomic mass is 10.0. The number of carbonyl (C=O) groups excluding carboxylic acids is 6. The number of carbonyl (C=O) groups is 6. The highest BCUT2D eigenvalue weighted by molar-refractivity contribution is 6.07. The number of likely N-dealkylation sites (N-methyl/N-ethyl adjacent to an activating group) is 1. The van der Waals surface area contributed by atoms with Crippen molar-refractivity contribution in [1.82, 2.24) is 25.0 Å². The normalized spacial score (nSPS) is 15.4. The zero-order valence-electron chi connectivity index (χ0n) is 35.8. The van der Waals surface area contributed by atoms with Crippen LogP contribution in [0, 0.1) is 6.92 Å². The first-order valence-electron chi connectivity index (χ1n) is 20.9. The van der Waals surface area contributed by atoms with Gasteiger partial charge in [0.05, 0.1) is 0 Å². The number of ether oxygens (including phenoxy) is 1. The third-order valence-corrected chi connectivity index (χ3v) is 11.0. The summed E-state index contributed by atoms with van der Waals surface area (Å²) in [7, 11) is 1.53. The molecule has 1 aromatic heterocycles. The van der Waals surface area contributed by atoms with Gasteiger partial charge in [-0.15, -0.1) is 0 Å². The molecule has 0 saturated carbocycles. The standard InChI is InChI=1S/C46H60N8O7/c1-30-16-9-11-21-35(30)50-44(59)54(42(57)37(51-45(60)61-46(2,3)4)27-32-29-49-36-22-12-10-20-34(32)36)38(23-13-14-24-47)43(58)53-25-15-19-33(53)28-40(55)52(5)39(41(48)56)26-31-17-7-6-8-18-31/h6-12,16-18,20-22,29,33,37-39,49H,13-15,19,23-28,47H2,1-5H3,(H2,48,56)(H,50,59)(H,51,60)/t33-,37-,38-,39-/m0/s1. The van der Waals surface area contributed by atoms with Gasteiger partial charge in [0.25, 0.3) is 5.91 Å². The number of nitrogens with two attached hydrogens (primary N) is 2. The number of primary amides is 1.